The highest BCUT2D eigenvalue weighted by Gasteiger charge is 2.29. The molecule has 1 N–H and O–H groups in total. The summed E-state index contributed by atoms with van der Waals surface area (Å²) in [7, 11) is 0. The van der Waals surface area contributed by atoms with Crippen molar-refractivity contribution in [1.82, 2.24) is 9.88 Å². The molecule has 1 saturated heterocycles. The number of nitrogens with one attached hydrogen (secondary N) is 1. The summed E-state index contributed by atoms with van der Waals surface area (Å²) in [6.45, 7) is 7.49. The number of carbonyl (C=O) groups is 2. The zero-order chi connectivity index (χ0) is 18.7. The predicted octanol–water partition coefficient (Wildman–Crippen LogP) is 3.93. The van der Waals surface area contributed by atoms with E-state index in [0.717, 1.165) is 10.7 Å². The van der Waals surface area contributed by atoms with Gasteiger partial charge in [-0.15, -0.1) is 11.3 Å². The van der Waals surface area contributed by atoms with Crippen LogP contribution in [0.3, 0.4) is 0 Å². The highest BCUT2D eigenvalue weighted by Crippen LogP contribution is 2.28. The van der Waals surface area contributed by atoms with E-state index in [-0.39, 0.29) is 23.1 Å². The van der Waals surface area contributed by atoms with Crippen LogP contribution in [0.1, 0.15) is 48.3 Å². The van der Waals surface area contributed by atoms with Gasteiger partial charge in [0.1, 0.15) is 4.88 Å². The first kappa shape index (κ1) is 18.6. The molecule has 1 aliphatic heterocycles. The molecular weight excluding hydrogens is 346 g/mol. The second-order valence-corrected chi connectivity index (χ2v) is 8.73. The van der Waals surface area contributed by atoms with E-state index in [9.17, 15) is 9.59 Å². The normalized spacial score (nSPS) is 15.7. The van der Waals surface area contributed by atoms with Crippen molar-refractivity contribution in [2.45, 2.75) is 39.0 Å². The smallest absolute Gasteiger partial charge is 0.265 e. The third-order valence-electron chi connectivity index (χ3n) is 4.55. The number of thiazole rings is 1. The van der Waals surface area contributed by atoms with Crippen molar-refractivity contribution in [3.8, 4) is 0 Å². The first-order valence-corrected chi connectivity index (χ1v) is 9.78. The lowest BCUT2D eigenvalue weighted by molar-refractivity contribution is -0.121. The van der Waals surface area contributed by atoms with E-state index in [1.54, 1.807) is 6.20 Å². The maximum Gasteiger partial charge on any atom is 0.265 e. The highest BCUT2D eigenvalue weighted by atomic mass is 32.1. The van der Waals surface area contributed by atoms with Crippen molar-refractivity contribution in [3.05, 3.63) is 46.4 Å². The molecular formula is C20H25N3O2S. The van der Waals surface area contributed by atoms with Crippen molar-refractivity contribution < 1.29 is 9.59 Å². The Balaban J connectivity index is 1.55. The topological polar surface area (TPSA) is 62.3 Å². The molecule has 0 atom stereocenters. The second-order valence-electron chi connectivity index (χ2n) is 7.70. The van der Waals surface area contributed by atoms with E-state index in [0.29, 0.717) is 30.8 Å². The van der Waals surface area contributed by atoms with E-state index in [2.05, 4.69) is 31.1 Å². The van der Waals surface area contributed by atoms with Crippen LogP contribution in [0.2, 0.25) is 0 Å². The number of aromatic nitrogens is 1. The van der Waals surface area contributed by atoms with Gasteiger partial charge in [0.2, 0.25) is 5.91 Å². The summed E-state index contributed by atoms with van der Waals surface area (Å²) in [5.41, 5.74) is 0.765. The van der Waals surface area contributed by atoms with Crippen molar-refractivity contribution >= 4 is 28.8 Å². The lowest BCUT2D eigenvalue weighted by Gasteiger charge is -2.31. The van der Waals surface area contributed by atoms with Gasteiger partial charge in [-0.2, -0.15) is 0 Å². The maximum absolute atomic E-state index is 12.7. The Hall–Kier alpha value is -2.21. The first-order chi connectivity index (χ1) is 12.3. The summed E-state index contributed by atoms with van der Waals surface area (Å²) in [6.07, 6.45) is 3.06. The van der Waals surface area contributed by atoms with Crippen LogP contribution in [0, 0.1) is 5.92 Å². The van der Waals surface area contributed by atoms with Crippen LogP contribution in [-0.2, 0) is 10.2 Å². The molecule has 0 spiro atoms. The minimum Gasteiger partial charge on any atom is -0.338 e. The number of benzene rings is 1. The molecule has 6 heteroatoms. The van der Waals surface area contributed by atoms with E-state index in [1.165, 1.54) is 11.3 Å². The molecule has 1 fully saturated rings. The standard InChI is InChI=1S/C20H25N3O2S/c1-20(2,3)19-21-13-16(26-19)18(25)23-11-9-14(10-12-23)17(24)22-15-7-5-4-6-8-15/h4-8,13-14H,9-12H2,1-3H3,(H,22,24). The summed E-state index contributed by atoms with van der Waals surface area (Å²) in [5.74, 6) is 0.0156. The van der Waals surface area contributed by atoms with Gasteiger partial charge < -0.3 is 10.2 Å². The van der Waals surface area contributed by atoms with Crippen molar-refractivity contribution in [3.63, 3.8) is 0 Å². The second kappa shape index (κ2) is 7.58. The largest absolute Gasteiger partial charge is 0.338 e. The molecule has 5 nitrogen and oxygen atoms in total. The van der Waals surface area contributed by atoms with E-state index >= 15 is 0 Å². The summed E-state index contributed by atoms with van der Waals surface area (Å²) < 4.78 is 0. The van der Waals surface area contributed by atoms with Gasteiger partial charge in [-0.3, -0.25) is 9.59 Å². The summed E-state index contributed by atoms with van der Waals surface area (Å²) in [5, 5.41) is 3.93. The SMILES string of the molecule is CC(C)(C)c1ncc(C(=O)N2CCC(C(=O)Nc3ccccc3)CC2)s1. The van der Waals surface area contributed by atoms with Gasteiger partial charge in [0, 0.05) is 30.1 Å². The first-order valence-electron chi connectivity index (χ1n) is 8.96. The number of nitrogens with zero attached hydrogens (tertiary/aromatic N) is 2. The molecule has 2 amide bonds. The Bertz CT molecular complexity index is 772. The molecule has 3 rings (SSSR count). The summed E-state index contributed by atoms with van der Waals surface area (Å²) in [4.78, 5) is 32.0. The quantitative estimate of drug-likeness (QED) is 0.889. The molecule has 0 aliphatic carbocycles. The average molecular weight is 372 g/mol. The fourth-order valence-corrected chi connectivity index (χ4v) is 3.93. The Morgan fingerprint density at radius 2 is 1.81 bits per heavy atom. The number of hydrogen-bond acceptors (Lipinski definition) is 4. The molecule has 26 heavy (non-hydrogen) atoms. The average Bonchev–Trinajstić information content (AvgIpc) is 3.12. The fourth-order valence-electron chi connectivity index (χ4n) is 2.99. The molecule has 1 aliphatic rings. The Morgan fingerprint density at radius 3 is 2.38 bits per heavy atom. The van der Waals surface area contributed by atoms with Gasteiger partial charge in [-0.05, 0) is 25.0 Å². The Labute approximate surface area is 158 Å². The Kier molecular flexibility index (Phi) is 5.41. The predicted molar refractivity (Wildman–Crippen MR) is 105 cm³/mol. The number of carbonyl (C=O) groups excluding carboxylic acids is 2. The van der Waals surface area contributed by atoms with Crippen molar-refractivity contribution in [1.29, 1.82) is 0 Å². The van der Waals surface area contributed by atoms with Crippen LogP contribution in [0.25, 0.3) is 0 Å². The molecule has 0 unspecified atom stereocenters. The minimum atomic E-state index is -0.0501. The molecule has 0 saturated carbocycles. The fraction of sp³-hybridized carbons (Fsp3) is 0.450. The van der Waals surface area contributed by atoms with Crippen molar-refractivity contribution in [2.75, 3.05) is 18.4 Å². The summed E-state index contributed by atoms with van der Waals surface area (Å²) >= 11 is 1.47. The van der Waals surface area contributed by atoms with Gasteiger partial charge >= 0.3 is 0 Å². The molecule has 1 aromatic carbocycles. The third kappa shape index (κ3) is 4.30. The number of rotatable bonds is 3. The molecule has 138 valence electrons. The number of hydrogen-bond donors (Lipinski definition) is 1. The Morgan fingerprint density at radius 1 is 1.15 bits per heavy atom. The maximum atomic E-state index is 12.7. The van der Waals surface area contributed by atoms with Crippen LogP contribution in [0.4, 0.5) is 5.69 Å². The number of likely N-dealkylation sites (tertiary alicyclic amines) is 1. The number of anilines is 1. The number of para-hydroxylation sites is 1. The van der Waals surface area contributed by atoms with Crippen LogP contribution in [0.5, 0.6) is 0 Å². The minimum absolute atomic E-state index is 0.0277. The third-order valence-corrected chi connectivity index (χ3v) is 5.96. The molecule has 1 aromatic heterocycles. The summed E-state index contributed by atoms with van der Waals surface area (Å²) in [6, 6.07) is 9.49. The van der Waals surface area contributed by atoms with E-state index in [4.69, 9.17) is 0 Å². The van der Waals surface area contributed by atoms with Gasteiger partial charge in [-0.25, -0.2) is 4.98 Å². The van der Waals surface area contributed by atoms with Gasteiger partial charge in [0.25, 0.3) is 5.91 Å². The molecule has 2 aromatic rings. The van der Waals surface area contributed by atoms with E-state index < -0.39 is 0 Å². The van der Waals surface area contributed by atoms with Gasteiger partial charge in [-0.1, -0.05) is 39.0 Å². The van der Waals surface area contributed by atoms with Crippen LogP contribution in [0.15, 0.2) is 36.5 Å². The van der Waals surface area contributed by atoms with Crippen LogP contribution < -0.4 is 5.32 Å². The molecule has 2 heterocycles. The van der Waals surface area contributed by atoms with Crippen LogP contribution in [-0.4, -0.2) is 34.8 Å². The van der Waals surface area contributed by atoms with Gasteiger partial charge in [0.15, 0.2) is 0 Å². The zero-order valence-electron chi connectivity index (χ0n) is 15.5. The number of piperidine rings is 1. The zero-order valence-corrected chi connectivity index (χ0v) is 16.3. The van der Waals surface area contributed by atoms with Crippen molar-refractivity contribution in [2.24, 2.45) is 5.92 Å². The van der Waals surface area contributed by atoms with E-state index in [1.807, 2.05) is 35.2 Å². The highest BCUT2D eigenvalue weighted by molar-refractivity contribution is 7.13. The molecule has 0 radical (unpaired) electrons. The lowest BCUT2D eigenvalue weighted by Crippen LogP contribution is -2.41. The monoisotopic (exact) mass is 371 g/mol. The lowest BCUT2D eigenvalue weighted by atomic mass is 9.95. The van der Waals surface area contributed by atoms with Crippen LogP contribution >= 0.6 is 11.3 Å². The molecule has 0 bridgehead atoms. The van der Waals surface area contributed by atoms with Gasteiger partial charge in [0.05, 0.1) is 11.2 Å². The number of amides is 2.